The molecule has 2 fully saturated rings. The molecule has 2 heterocycles. The predicted molar refractivity (Wildman–Crippen MR) is 89.5 cm³/mol. The minimum absolute atomic E-state index is 0. The molecule has 4 nitrogen and oxygen atoms in total. The fourth-order valence-corrected chi connectivity index (χ4v) is 3.15. The summed E-state index contributed by atoms with van der Waals surface area (Å²) in [6.07, 6.45) is 0. The van der Waals surface area contributed by atoms with Crippen LogP contribution in [0.2, 0.25) is 0 Å². The van der Waals surface area contributed by atoms with Gasteiger partial charge in [-0.25, -0.2) is 0 Å². The summed E-state index contributed by atoms with van der Waals surface area (Å²) in [6.45, 7) is 10.4. The molecule has 0 bridgehead atoms. The van der Waals surface area contributed by atoms with E-state index in [4.69, 9.17) is 4.74 Å². The van der Waals surface area contributed by atoms with E-state index < -0.39 is 0 Å². The van der Waals surface area contributed by atoms with Gasteiger partial charge in [0.05, 0.1) is 13.2 Å². The van der Waals surface area contributed by atoms with Crippen LogP contribution in [0.25, 0.3) is 0 Å². The van der Waals surface area contributed by atoms with Gasteiger partial charge in [0.2, 0.25) is 0 Å². The molecule has 0 aromatic heterocycles. The number of halogens is 1. The number of rotatable bonds is 3. The van der Waals surface area contributed by atoms with Crippen molar-refractivity contribution in [3.05, 3.63) is 29.8 Å². The standard InChI is InChI=1S/C16H25N3O.ClH/c1-14-12-18(7-6-17-14)13-15-4-2-3-5-16(15)19-8-10-20-11-9-19;/h2-5,14,17H,6-13H2,1H3;1H/t14-;/m1./s1. The van der Waals surface area contributed by atoms with Gasteiger partial charge < -0.3 is 15.0 Å². The number of piperazine rings is 1. The lowest BCUT2D eigenvalue weighted by atomic mass is 10.1. The quantitative estimate of drug-likeness (QED) is 0.920. The molecular formula is C16H26ClN3O. The molecule has 1 aromatic rings. The second kappa shape index (κ2) is 7.99. The normalized spacial score (nSPS) is 23.7. The van der Waals surface area contributed by atoms with Gasteiger partial charge in [-0.15, -0.1) is 12.4 Å². The highest BCUT2D eigenvalue weighted by Crippen LogP contribution is 2.23. The van der Waals surface area contributed by atoms with Gasteiger partial charge in [-0.05, 0) is 18.6 Å². The molecule has 0 radical (unpaired) electrons. The molecule has 0 aliphatic carbocycles. The van der Waals surface area contributed by atoms with Crippen molar-refractivity contribution in [3.63, 3.8) is 0 Å². The van der Waals surface area contributed by atoms with Crippen LogP contribution in [0.5, 0.6) is 0 Å². The first kappa shape index (κ1) is 16.6. The second-order valence-electron chi connectivity index (χ2n) is 5.82. The zero-order chi connectivity index (χ0) is 13.8. The van der Waals surface area contributed by atoms with Gasteiger partial charge in [0.15, 0.2) is 0 Å². The van der Waals surface area contributed by atoms with Gasteiger partial charge in [-0.2, -0.15) is 0 Å². The summed E-state index contributed by atoms with van der Waals surface area (Å²) in [7, 11) is 0. The zero-order valence-corrected chi connectivity index (χ0v) is 13.6. The Bertz CT molecular complexity index is 437. The molecule has 0 amide bonds. The Hall–Kier alpha value is -0.810. The molecule has 2 aliphatic heterocycles. The molecule has 0 unspecified atom stereocenters. The van der Waals surface area contributed by atoms with E-state index in [2.05, 4.69) is 46.3 Å². The fourth-order valence-electron chi connectivity index (χ4n) is 3.15. The summed E-state index contributed by atoms with van der Waals surface area (Å²) >= 11 is 0. The van der Waals surface area contributed by atoms with Crippen LogP contribution in [0.3, 0.4) is 0 Å². The molecule has 0 spiro atoms. The van der Waals surface area contributed by atoms with E-state index in [9.17, 15) is 0 Å². The lowest BCUT2D eigenvalue weighted by Crippen LogP contribution is -2.48. The largest absolute Gasteiger partial charge is 0.378 e. The van der Waals surface area contributed by atoms with Gasteiger partial charge in [0.25, 0.3) is 0 Å². The zero-order valence-electron chi connectivity index (χ0n) is 12.8. The third kappa shape index (κ3) is 4.33. The Morgan fingerprint density at radius 1 is 1.19 bits per heavy atom. The van der Waals surface area contributed by atoms with E-state index in [0.29, 0.717) is 6.04 Å². The van der Waals surface area contributed by atoms with Gasteiger partial charge >= 0.3 is 0 Å². The van der Waals surface area contributed by atoms with Gasteiger partial charge in [0.1, 0.15) is 0 Å². The second-order valence-corrected chi connectivity index (χ2v) is 5.82. The Morgan fingerprint density at radius 2 is 1.95 bits per heavy atom. The summed E-state index contributed by atoms with van der Waals surface area (Å²) in [4.78, 5) is 5.02. The number of para-hydroxylation sites is 1. The van der Waals surface area contributed by atoms with E-state index >= 15 is 0 Å². The number of nitrogens with one attached hydrogen (secondary N) is 1. The van der Waals surface area contributed by atoms with Crippen molar-refractivity contribution in [2.75, 3.05) is 50.8 Å². The predicted octanol–water partition coefficient (Wildman–Crippen LogP) is 1.74. The van der Waals surface area contributed by atoms with E-state index in [1.165, 1.54) is 11.3 Å². The Balaban J connectivity index is 0.00000161. The van der Waals surface area contributed by atoms with E-state index in [0.717, 1.165) is 52.5 Å². The molecular weight excluding hydrogens is 286 g/mol. The molecule has 2 aliphatic rings. The van der Waals surface area contributed by atoms with Crippen LogP contribution in [0.15, 0.2) is 24.3 Å². The Kier molecular flexibility index (Phi) is 6.30. The van der Waals surface area contributed by atoms with Crippen LogP contribution in [-0.4, -0.2) is 56.9 Å². The van der Waals surface area contributed by atoms with Gasteiger partial charge in [-0.1, -0.05) is 18.2 Å². The molecule has 1 atom stereocenters. The first-order chi connectivity index (χ1) is 9.83. The SMILES string of the molecule is C[C@@H]1CN(Cc2ccccc2N2CCOCC2)CCN1.Cl. The molecule has 1 N–H and O–H groups in total. The summed E-state index contributed by atoms with van der Waals surface area (Å²) in [5, 5.41) is 3.51. The summed E-state index contributed by atoms with van der Waals surface area (Å²) in [5.41, 5.74) is 2.84. The van der Waals surface area contributed by atoms with Crippen molar-refractivity contribution in [2.24, 2.45) is 0 Å². The topological polar surface area (TPSA) is 27.7 Å². The lowest BCUT2D eigenvalue weighted by molar-refractivity contribution is 0.122. The monoisotopic (exact) mass is 311 g/mol. The van der Waals surface area contributed by atoms with E-state index in [-0.39, 0.29) is 12.4 Å². The molecule has 21 heavy (non-hydrogen) atoms. The summed E-state index contributed by atoms with van der Waals surface area (Å²) in [5.74, 6) is 0. The highest BCUT2D eigenvalue weighted by molar-refractivity contribution is 5.85. The first-order valence-electron chi connectivity index (χ1n) is 7.69. The van der Waals surface area contributed by atoms with E-state index in [1.807, 2.05) is 0 Å². The fraction of sp³-hybridized carbons (Fsp3) is 0.625. The minimum atomic E-state index is 0. The number of benzene rings is 1. The number of nitrogens with zero attached hydrogens (tertiary/aromatic N) is 2. The van der Waals surface area contributed by atoms with Gasteiger partial charge in [-0.3, -0.25) is 4.90 Å². The number of anilines is 1. The van der Waals surface area contributed by atoms with Crippen molar-refractivity contribution in [3.8, 4) is 0 Å². The third-order valence-electron chi connectivity index (χ3n) is 4.19. The smallest absolute Gasteiger partial charge is 0.0642 e. The van der Waals surface area contributed by atoms with Gasteiger partial charge in [0, 0.05) is 51.0 Å². The van der Waals surface area contributed by atoms with Crippen LogP contribution in [0.1, 0.15) is 12.5 Å². The van der Waals surface area contributed by atoms with Crippen LogP contribution < -0.4 is 10.2 Å². The highest BCUT2D eigenvalue weighted by atomic mass is 35.5. The lowest BCUT2D eigenvalue weighted by Gasteiger charge is -2.34. The number of hydrogen-bond acceptors (Lipinski definition) is 4. The van der Waals surface area contributed by atoms with Crippen molar-refractivity contribution in [1.82, 2.24) is 10.2 Å². The molecule has 1 aromatic carbocycles. The maximum Gasteiger partial charge on any atom is 0.0642 e. The average molecular weight is 312 g/mol. The van der Waals surface area contributed by atoms with Crippen molar-refractivity contribution < 1.29 is 4.74 Å². The van der Waals surface area contributed by atoms with Crippen LogP contribution in [0.4, 0.5) is 5.69 Å². The Labute approximate surface area is 133 Å². The number of hydrogen-bond donors (Lipinski definition) is 1. The minimum Gasteiger partial charge on any atom is -0.378 e. The van der Waals surface area contributed by atoms with Crippen LogP contribution >= 0.6 is 12.4 Å². The van der Waals surface area contributed by atoms with E-state index in [1.54, 1.807) is 0 Å². The molecule has 118 valence electrons. The Morgan fingerprint density at radius 3 is 2.71 bits per heavy atom. The van der Waals surface area contributed by atoms with Crippen LogP contribution in [0, 0.1) is 0 Å². The summed E-state index contributed by atoms with van der Waals surface area (Å²) < 4.78 is 5.46. The molecule has 2 saturated heterocycles. The van der Waals surface area contributed by atoms with Crippen molar-refractivity contribution in [2.45, 2.75) is 19.5 Å². The number of ether oxygens (including phenoxy) is 1. The highest BCUT2D eigenvalue weighted by Gasteiger charge is 2.19. The molecule has 3 rings (SSSR count). The van der Waals surface area contributed by atoms with Crippen LogP contribution in [-0.2, 0) is 11.3 Å². The maximum absolute atomic E-state index is 5.46. The third-order valence-corrected chi connectivity index (χ3v) is 4.19. The maximum atomic E-state index is 5.46. The molecule has 0 saturated carbocycles. The average Bonchev–Trinajstić information content (AvgIpc) is 2.49. The van der Waals surface area contributed by atoms with Crippen molar-refractivity contribution >= 4 is 18.1 Å². The van der Waals surface area contributed by atoms with Crippen molar-refractivity contribution in [1.29, 1.82) is 0 Å². The number of morpholine rings is 1. The molecule has 5 heteroatoms. The first-order valence-corrected chi connectivity index (χ1v) is 7.69. The summed E-state index contributed by atoms with van der Waals surface area (Å²) in [6, 6.07) is 9.43.